The van der Waals surface area contributed by atoms with E-state index in [1.165, 1.54) is 0 Å². The van der Waals surface area contributed by atoms with Gasteiger partial charge in [0.25, 0.3) is 0 Å². The number of ether oxygens (including phenoxy) is 1. The molecule has 66 valence electrons. The Morgan fingerprint density at radius 2 is 2.23 bits per heavy atom. The highest BCUT2D eigenvalue weighted by Crippen LogP contribution is 2.17. The van der Waals surface area contributed by atoms with Crippen molar-refractivity contribution < 1.29 is 14.3 Å². The van der Waals surface area contributed by atoms with Gasteiger partial charge >= 0.3 is 5.97 Å². The highest BCUT2D eigenvalue weighted by atomic mass is 16.5. The molecule has 0 bridgehead atoms. The summed E-state index contributed by atoms with van der Waals surface area (Å²) in [5.74, 6) is -0.293. The van der Waals surface area contributed by atoms with E-state index < -0.39 is 0 Å². The summed E-state index contributed by atoms with van der Waals surface area (Å²) in [5, 5.41) is 0. The van der Waals surface area contributed by atoms with Crippen LogP contribution in [0.15, 0.2) is 18.2 Å². The molecular formula is C10H8O3. The van der Waals surface area contributed by atoms with Gasteiger partial charge in [-0.05, 0) is 17.7 Å². The smallest absolute Gasteiger partial charge is 0.338 e. The zero-order valence-corrected chi connectivity index (χ0v) is 6.95. The van der Waals surface area contributed by atoms with E-state index in [0.717, 1.165) is 11.8 Å². The van der Waals surface area contributed by atoms with E-state index in [4.69, 9.17) is 4.74 Å². The van der Waals surface area contributed by atoms with Crippen LogP contribution in [0.5, 0.6) is 0 Å². The molecule has 1 aliphatic heterocycles. The van der Waals surface area contributed by atoms with Crippen molar-refractivity contribution in [3.8, 4) is 0 Å². The number of carbonyl (C=O) groups excluding carboxylic acids is 2. The first-order valence-corrected chi connectivity index (χ1v) is 4.06. The lowest BCUT2D eigenvalue weighted by atomic mass is 10.0. The number of hydrogen-bond donors (Lipinski definition) is 0. The number of aldehydes is 1. The van der Waals surface area contributed by atoms with Gasteiger partial charge in [0.05, 0.1) is 12.2 Å². The van der Waals surface area contributed by atoms with Gasteiger partial charge in [-0.25, -0.2) is 4.79 Å². The second kappa shape index (κ2) is 3.01. The summed E-state index contributed by atoms with van der Waals surface area (Å²) in [6.07, 6.45) is 1.48. The van der Waals surface area contributed by atoms with E-state index in [1.54, 1.807) is 18.2 Å². The first kappa shape index (κ1) is 7.98. The number of rotatable bonds is 1. The second-order valence-electron chi connectivity index (χ2n) is 2.92. The third-order valence-electron chi connectivity index (χ3n) is 2.09. The maximum absolute atomic E-state index is 11.2. The molecule has 0 amide bonds. The van der Waals surface area contributed by atoms with Crippen LogP contribution in [0.3, 0.4) is 0 Å². The van der Waals surface area contributed by atoms with Gasteiger partial charge in [-0.1, -0.05) is 6.07 Å². The molecule has 0 spiro atoms. The number of fused-ring (bicyclic) bond motifs is 1. The Labute approximate surface area is 75.3 Å². The SMILES string of the molecule is O=Cc1ccc2c(c1)CCOC2=O. The number of esters is 1. The Morgan fingerprint density at radius 3 is 3.00 bits per heavy atom. The molecule has 0 N–H and O–H groups in total. The molecule has 1 aromatic rings. The van der Waals surface area contributed by atoms with E-state index in [9.17, 15) is 9.59 Å². The summed E-state index contributed by atoms with van der Waals surface area (Å²) in [5.41, 5.74) is 2.09. The number of cyclic esters (lactones) is 1. The molecule has 0 atom stereocenters. The molecule has 0 aliphatic carbocycles. The third kappa shape index (κ3) is 1.33. The van der Waals surface area contributed by atoms with Gasteiger partial charge in [0, 0.05) is 12.0 Å². The molecule has 0 saturated carbocycles. The second-order valence-corrected chi connectivity index (χ2v) is 2.92. The maximum atomic E-state index is 11.2. The predicted molar refractivity (Wildman–Crippen MR) is 45.8 cm³/mol. The highest BCUT2D eigenvalue weighted by molar-refractivity contribution is 5.93. The fourth-order valence-corrected chi connectivity index (χ4v) is 1.42. The lowest BCUT2D eigenvalue weighted by Crippen LogP contribution is -2.17. The van der Waals surface area contributed by atoms with Crippen molar-refractivity contribution in [2.75, 3.05) is 6.61 Å². The number of hydrogen-bond acceptors (Lipinski definition) is 3. The van der Waals surface area contributed by atoms with Crippen LogP contribution < -0.4 is 0 Å². The lowest BCUT2D eigenvalue weighted by Gasteiger charge is -2.15. The Bertz CT molecular complexity index is 368. The van der Waals surface area contributed by atoms with E-state index in [2.05, 4.69) is 0 Å². The Morgan fingerprint density at radius 1 is 1.38 bits per heavy atom. The molecule has 3 heteroatoms. The average Bonchev–Trinajstić information content (AvgIpc) is 2.18. The van der Waals surface area contributed by atoms with Gasteiger partial charge in [0.1, 0.15) is 6.29 Å². The minimum atomic E-state index is -0.293. The van der Waals surface area contributed by atoms with Crippen LogP contribution in [-0.2, 0) is 11.2 Å². The quantitative estimate of drug-likeness (QED) is 0.477. The average molecular weight is 176 g/mol. The molecule has 1 heterocycles. The fourth-order valence-electron chi connectivity index (χ4n) is 1.42. The summed E-state index contributed by atoms with van der Waals surface area (Å²) in [6, 6.07) is 5.00. The summed E-state index contributed by atoms with van der Waals surface area (Å²) in [6.45, 7) is 0.411. The summed E-state index contributed by atoms with van der Waals surface area (Å²) < 4.78 is 4.85. The van der Waals surface area contributed by atoms with Gasteiger partial charge in [-0.3, -0.25) is 4.79 Å². The standard InChI is InChI=1S/C10H8O3/c11-6-7-1-2-9-8(5-7)3-4-13-10(9)12/h1-2,5-6H,3-4H2. The van der Waals surface area contributed by atoms with Crippen LogP contribution in [0, 0.1) is 0 Å². The third-order valence-corrected chi connectivity index (χ3v) is 2.09. The first-order chi connectivity index (χ1) is 6.31. The topological polar surface area (TPSA) is 43.4 Å². The van der Waals surface area contributed by atoms with Gasteiger partial charge < -0.3 is 4.74 Å². The van der Waals surface area contributed by atoms with Crippen molar-refractivity contribution in [1.82, 2.24) is 0 Å². The van der Waals surface area contributed by atoms with Crippen molar-refractivity contribution in [3.63, 3.8) is 0 Å². The zero-order chi connectivity index (χ0) is 9.26. The molecule has 3 nitrogen and oxygen atoms in total. The van der Waals surface area contributed by atoms with Crippen molar-refractivity contribution in [2.45, 2.75) is 6.42 Å². The molecule has 0 saturated heterocycles. The number of carbonyl (C=O) groups is 2. The van der Waals surface area contributed by atoms with Crippen molar-refractivity contribution in [1.29, 1.82) is 0 Å². The summed E-state index contributed by atoms with van der Waals surface area (Å²) >= 11 is 0. The molecule has 0 unspecified atom stereocenters. The van der Waals surface area contributed by atoms with Crippen LogP contribution in [0.25, 0.3) is 0 Å². The lowest BCUT2D eigenvalue weighted by molar-refractivity contribution is 0.0480. The maximum Gasteiger partial charge on any atom is 0.338 e. The minimum Gasteiger partial charge on any atom is -0.462 e. The number of benzene rings is 1. The minimum absolute atomic E-state index is 0.293. The molecule has 2 rings (SSSR count). The molecule has 13 heavy (non-hydrogen) atoms. The zero-order valence-electron chi connectivity index (χ0n) is 6.95. The summed E-state index contributed by atoms with van der Waals surface area (Å²) in [4.78, 5) is 21.6. The van der Waals surface area contributed by atoms with Gasteiger partial charge in [-0.15, -0.1) is 0 Å². The highest BCUT2D eigenvalue weighted by Gasteiger charge is 2.17. The molecule has 0 radical (unpaired) electrons. The van der Waals surface area contributed by atoms with E-state index in [0.29, 0.717) is 24.2 Å². The van der Waals surface area contributed by atoms with Crippen molar-refractivity contribution in [2.24, 2.45) is 0 Å². The van der Waals surface area contributed by atoms with Crippen molar-refractivity contribution >= 4 is 12.3 Å². The van der Waals surface area contributed by atoms with E-state index in [1.807, 2.05) is 0 Å². The normalized spacial score (nSPS) is 14.6. The van der Waals surface area contributed by atoms with E-state index >= 15 is 0 Å². The van der Waals surface area contributed by atoms with Gasteiger partial charge in [-0.2, -0.15) is 0 Å². The Kier molecular flexibility index (Phi) is 1.85. The van der Waals surface area contributed by atoms with E-state index in [-0.39, 0.29) is 5.97 Å². The molecule has 0 aromatic heterocycles. The van der Waals surface area contributed by atoms with Crippen LogP contribution in [0.2, 0.25) is 0 Å². The van der Waals surface area contributed by atoms with Crippen molar-refractivity contribution in [3.05, 3.63) is 34.9 Å². The van der Waals surface area contributed by atoms with Crippen LogP contribution in [0.4, 0.5) is 0 Å². The van der Waals surface area contributed by atoms with Crippen LogP contribution in [0.1, 0.15) is 26.3 Å². The fraction of sp³-hybridized carbons (Fsp3) is 0.200. The monoisotopic (exact) mass is 176 g/mol. The molecule has 1 aliphatic rings. The first-order valence-electron chi connectivity index (χ1n) is 4.06. The van der Waals surface area contributed by atoms with Crippen LogP contribution >= 0.6 is 0 Å². The predicted octanol–water partition coefficient (Wildman–Crippen LogP) is 1.21. The van der Waals surface area contributed by atoms with Gasteiger partial charge in [0.2, 0.25) is 0 Å². The van der Waals surface area contributed by atoms with Gasteiger partial charge in [0.15, 0.2) is 0 Å². The molecular weight excluding hydrogens is 168 g/mol. The largest absolute Gasteiger partial charge is 0.462 e. The Hall–Kier alpha value is -1.64. The Balaban J connectivity index is 2.51. The van der Waals surface area contributed by atoms with Crippen LogP contribution in [-0.4, -0.2) is 18.9 Å². The molecule has 1 aromatic carbocycles. The summed E-state index contributed by atoms with van der Waals surface area (Å²) in [7, 11) is 0. The molecule has 0 fully saturated rings.